The minimum absolute atomic E-state index is 0.587. The molecule has 4 nitrogen and oxygen atoms in total. The molecule has 0 fully saturated rings. The summed E-state index contributed by atoms with van der Waals surface area (Å²) in [6.45, 7) is 6.20. The molecule has 0 aliphatic rings. The summed E-state index contributed by atoms with van der Waals surface area (Å²) < 4.78 is 0. The molecule has 3 N–H and O–H groups in total. The van der Waals surface area contributed by atoms with Crippen molar-refractivity contribution in [2.24, 2.45) is 0 Å². The van der Waals surface area contributed by atoms with Crippen molar-refractivity contribution in [1.82, 2.24) is 0 Å². The van der Waals surface area contributed by atoms with Crippen LogP contribution >= 0.6 is 0 Å². The molecule has 1 rings (SSSR count). The first-order chi connectivity index (χ1) is 8.63. The Morgan fingerprint density at radius 3 is 2.56 bits per heavy atom. The molecule has 18 heavy (non-hydrogen) atoms. The summed E-state index contributed by atoms with van der Waals surface area (Å²) in [7, 11) is 0. The molecule has 0 amide bonds. The van der Waals surface area contributed by atoms with E-state index in [0.29, 0.717) is 0 Å². The normalized spacial score (nSPS) is 11.6. The molecule has 0 aliphatic carbocycles. The van der Waals surface area contributed by atoms with E-state index in [1.165, 1.54) is 0 Å². The average molecular weight is 248 g/mol. The van der Waals surface area contributed by atoms with Gasteiger partial charge in [-0.15, -0.1) is 6.58 Å². The summed E-state index contributed by atoms with van der Waals surface area (Å²) in [6.07, 6.45) is 3.96. The summed E-state index contributed by atoms with van der Waals surface area (Å²) >= 11 is 0. The number of carboxylic acid groups (broad SMARTS) is 1. The first-order valence-corrected chi connectivity index (χ1v) is 6.07. The Kier molecular flexibility index (Phi) is 5.77. The minimum atomic E-state index is -0.860. The number of hydrogen-bond donors (Lipinski definition) is 3. The largest absolute Gasteiger partial charge is 0.480 e. The Morgan fingerprint density at radius 2 is 2.00 bits per heavy atom. The van der Waals surface area contributed by atoms with E-state index in [4.69, 9.17) is 5.11 Å². The molecule has 1 atom stereocenters. The Balaban J connectivity index is 2.42. The number of carboxylic acids is 1. The molecule has 1 aromatic carbocycles. The van der Waals surface area contributed by atoms with Gasteiger partial charge in [-0.2, -0.15) is 0 Å². The molecule has 0 saturated heterocycles. The molecule has 1 aromatic rings. The van der Waals surface area contributed by atoms with E-state index in [-0.39, 0.29) is 0 Å². The predicted octanol–water partition coefficient (Wildman–Crippen LogP) is 2.95. The van der Waals surface area contributed by atoms with Crippen LogP contribution in [-0.4, -0.2) is 23.7 Å². The topological polar surface area (TPSA) is 61.4 Å². The van der Waals surface area contributed by atoms with Gasteiger partial charge in [-0.25, -0.2) is 0 Å². The Hall–Kier alpha value is -1.97. The van der Waals surface area contributed by atoms with Crippen molar-refractivity contribution >= 4 is 17.3 Å². The highest BCUT2D eigenvalue weighted by Gasteiger charge is 2.09. The van der Waals surface area contributed by atoms with Crippen LogP contribution in [0.5, 0.6) is 0 Å². The number of nitrogens with one attached hydrogen (secondary N) is 2. The molecule has 0 aromatic heterocycles. The van der Waals surface area contributed by atoms with Crippen LogP contribution in [0.15, 0.2) is 36.9 Å². The molecule has 0 radical (unpaired) electrons. The second-order valence-corrected chi connectivity index (χ2v) is 4.14. The van der Waals surface area contributed by atoms with E-state index in [2.05, 4.69) is 17.2 Å². The number of unbranched alkanes of at least 4 members (excludes halogenated alkanes) is 1. The van der Waals surface area contributed by atoms with Crippen molar-refractivity contribution in [3.8, 4) is 0 Å². The molecular formula is C14H20N2O2. The highest BCUT2D eigenvalue weighted by atomic mass is 16.4. The van der Waals surface area contributed by atoms with Crippen molar-refractivity contribution in [2.75, 3.05) is 17.2 Å². The smallest absolute Gasteiger partial charge is 0.325 e. The van der Waals surface area contributed by atoms with Crippen LogP contribution in [0.3, 0.4) is 0 Å². The molecular weight excluding hydrogens is 228 g/mol. The maximum atomic E-state index is 10.7. The standard InChI is InChI=1S/C14H20N2O2/c1-3-4-5-10-15-12-6-8-13(9-7-12)16-11(2)14(17)18/h3,6-9,11,15-16H,1,4-5,10H2,2H3,(H,17,18)/t11-/m0/s1. The lowest BCUT2D eigenvalue weighted by Gasteiger charge is -2.11. The fourth-order valence-corrected chi connectivity index (χ4v) is 1.48. The van der Waals surface area contributed by atoms with Gasteiger partial charge >= 0.3 is 5.97 Å². The fourth-order valence-electron chi connectivity index (χ4n) is 1.48. The van der Waals surface area contributed by atoms with E-state index in [9.17, 15) is 4.79 Å². The fraction of sp³-hybridized carbons (Fsp3) is 0.357. The van der Waals surface area contributed by atoms with Gasteiger partial charge in [0.1, 0.15) is 6.04 Å². The molecule has 0 aliphatic heterocycles. The van der Waals surface area contributed by atoms with Gasteiger partial charge < -0.3 is 15.7 Å². The molecule has 0 saturated carbocycles. The highest BCUT2D eigenvalue weighted by molar-refractivity contribution is 5.76. The quantitative estimate of drug-likeness (QED) is 0.489. The maximum Gasteiger partial charge on any atom is 0.325 e. The van der Waals surface area contributed by atoms with Crippen molar-refractivity contribution in [3.63, 3.8) is 0 Å². The third kappa shape index (κ3) is 4.91. The summed E-state index contributed by atoms with van der Waals surface area (Å²) in [5, 5.41) is 15.0. The summed E-state index contributed by atoms with van der Waals surface area (Å²) in [5.41, 5.74) is 1.84. The van der Waals surface area contributed by atoms with Crippen LogP contribution in [0, 0.1) is 0 Å². The summed E-state index contributed by atoms with van der Waals surface area (Å²) in [6, 6.07) is 7.02. The molecule has 0 bridgehead atoms. The molecule has 0 spiro atoms. The second kappa shape index (κ2) is 7.37. The van der Waals surface area contributed by atoms with Gasteiger partial charge in [0, 0.05) is 17.9 Å². The number of allylic oxidation sites excluding steroid dienone is 1. The van der Waals surface area contributed by atoms with Gasteiger partial charge in [0.2, 0.25) is 0 Å². The van der Waals surface area contributed by atoms with E-state index in [1.54, 1.807) is 6.92 Å². The van der Waals surface area contributed by atoms with Crippen LogP contribution in [0.4, 0.5) is 11.4 Å². The first-order valence-electron chi connectivity index (χ1n) is 6.07. The Bertz CT molecular complexity index is 387. The van der Waals surface area contributed by atoms with E-state index in [0.717, 1.165) is 30.8 Å². The SMILES string of the molecule is C=CCCCNc1ccc(N[C@@H](C)C(=O)O)cc1. The number of hydrogen-bond acceptors (Lipinski definition) is 3. The highest BCUT2D eigenvalue weighted by Crippen LogP contribution is 2.14. The van der Waals surface area contributed by atoms with E-state index in [1.807, 2.05) is 30.3 Å². The molecule has 98 valence electrons. The van der Waals surface area contributed by atoms with Crippen LogP contribution in [-0.2, 0) is 4.79 Å². The average Bonchev–Trinajstić information content (AvgIpc) is 2.36. The molecule has 0 heterocycles. The van der Waals surface area contributed by atoms with Gasteiger partial charge in [-0.3, -0.25) is 4.79 Å². The van der Waals surface area contributed by atoms with Crippen LogP contribution < -0.4 is 10.6 Å². The lowest BCUT2D eigenvalue weighted by Crippen LogP contribution is -2.25. The molecule has 4 heteroatoms. The van der Waals surface area contributed by atoms with Gasteiger partial charge in [0.05, 0.1) is 0 Å². The third-order valence-electron chi connectivity index (χ3n) is 2.55. The third-order valence-corrected chi connectivity index (χ3v) is 2.55. The monoisotopic (exact) mass is 248 g/mol. The van der Waals surface area contributed by atoms with Crippen molar-refractivity contribution < 1.29 is 9.90 Å². The number of anilines is 2. The van der Waals surface area contributed by atoms with E-state index >= 15 is 0 Å². The summed E-state index contributed by atoms with van der Waals surface area (Å²) in [4.78, 5) is 10.7. The van der Waals surface area contributed by atoms with Crippen molar-refractivity contribution in [2.45, 2.75) is 25.8 Å². The Morgan fingerprint density at radius 1 is 1.39 bits per heavy atom. The lowest BCUT2D eigenvalue weighted by molar-refractivity contribution is -0.137. The number of benzene rings is 1. The van der Waals surface area contributed by atoms with Gasteiger partial charge in [0.25, 0.3) is 0 Å². The predicted molar refractivity (Wildman–Crippen MR) is 75.1 cm³/mol. The first kappa shape index (κ1) is 14.1. The van der Waals surface area contributed by atoms with Gasteiger partial charge in [0.15, 0.2) is 0 Å². The maximum absolute atomic E-state index is 10.7. The number of carbonyl (C=O) groups is 1. The van der Waals surface area contributed by atoms with Crippen LogP contribution in [0.1, 0.15) is 19.8 Å². The van der Waals surface area contributed by atoms with Crippen LogP contribution in [0.25, 0.3) is 0 Å². The van der Waals surface area contributed by atoms with Crippen LogP contribution in [0.2, 0.25) is 0 Å². The van der Waals surface area contributed by atoms with Gasteiger partial charge in [-0.05, 0) is 44.0 Å². The Labute approximate surface area is 108 Å². The minimum Gasteiger partial charge on any atom is -0.480 e. The van der Waals surface area contributed by atoms with Crippen molar-refractivity contribution in [3.05, 3.63) is 36.9 Å². The zero-order valence-electron chi connectivity index (χ0n) is 10.6. The zero-order valence-corrected chi connectivity index (χ0v) is 10.6. The van der Waals surface area contributed by atoms with E-state index < -0.39 is 12.0 Å². The zero-order chi connectivity index (χ0) is 13.4. The van der Waals surface area contributed by atoms with Gasteiger partial charge in [-0.1, -0.05) is 6.08 Å². The number of aliphatic carboxylic acids is 1. The molecule has 0 unspecified atom stereocenters. The number of rotatable bonds is 8. The second-order valence-electron chi connectivity index (χ2n) is 4.14. The summed E-state index contributed by atoms with van der Waals surface area (Å²) in [5.74, 6) is -0.860. The van der Waals surface area contributed by atoms with Crippen molar-refractivity contribution in [1.29, 1.82) is 0 Å². The lowest BCUT2D eigenvalue weighted by atomic mass is 10.2.